The number of aliphatic imine (C=N–C) groups is 1. The van der Waals surface area contributed by atoms with Crippen LogP contribution >= 0.6 is 0 Å². The molecule has 162 valence electrons. The number of fused-ring (bicyclic) bond motifs is 2. The normalized spacial score (nSPS) is 15.4. The monoisotopic (exact) mass is 426 g/mol. The molecule has 0 atom stereocenters. The van der Waals surface area contributed by atoms with Gasteiger partial charge < -0.3 is 19.9 Å². The zero-order valence-corrected chi connectivity index (χ0v) is 17.9. The van der Waals surface area contributed by atoms with Crippen molar-refractivity contribution in [2.24, 2.45) is 4.99 Å². The van der Waals surface area contributed by atoms with Gasteiger partial charge in [0.15, 0.2) is 5.75 Å². The molecule has 6 heteroatoms. The average Bonchev–Trinajstić information content (AvgIpc) is 3.18. The quantitative estimate of drug-likeness (QED) is 0.641. The molecule has 0 unspecified atom stereocenters. The van der Waals surface area contributed by atoms with E-state index in [1.54, 1.807) is 0 Å². The number of carbonyl (C=O) groups excluding carboxylic acids is 1. The third kappa shape index (κ3) is 4.30. The van der Waals surface area contributed by atoms with Gasteiger partial charge in [-0.2, -0.15) is 0 Å². The zero-order valence-electron chi connectivity index (χ0n) is 17.9. The number of benzene rings is 3. The van der Waals surface area contributed by atoms with Gasteiger partial charge in [-0.1, -0.05) is 54.6 Å². The van der Waals surface area contributed by atoms with Crippen molar-refractivity contribution in [3.8, 4) is 11.5 Å². The Labute approximate surface area is 188 Å². The second kappa shape index (κ2) is 9.14. The molecule has 1 fully saturated rings. The minimum atomic E-state index is -0.0208. The van der Waals surface area contributed by atoms with E-state index >= 15 is 0 Å². The van der Waals surface area contributed by atoms with E-state index in [1.165, 1.54) is 0 Å². The van der Waals surface area contributed by atoms with Crippen LogP contribution in [0.5, 0.6) is 11.5 Å². The molecular weight excluding hydrogens is 400 g/mol. The van der Waals surface area contributed by atoms with E-state index < -0.39 is 0 Å². The summed E-state index contributed by atoms with van der Waals surface area (Å²) in [5.74, 6) is 2.46. The van der Waals surface area contributed by atoms with Gasteiger partial charge in [-0.25, -0.2) is 9.79 Å². The number of ether oxygens (including phenoxy) is 1. The van der Waals surface area contributed by atoms with E-state index in [1.807, 2.05) is 77.7 Å². The SMILES string of the molecule is O=C(NCc1ccccc1)N1CCCN(C2=Nc3ccccc3Oc3ccccc32)CC1. The minimum absolute atomic E-state index is 0.0208. The first-order chi connectivity index (χ1) is 15.8. The molecule has 1 N–H and O–H groups in total. The molecular formula is C26H26N4O2. The van der Waals surface area contributed by atoms with Crippen LogP contribution in [0.15, 0.2) is 83.9 Å². The summed E-state index contributed by atoms with van der Waals surface area (Å²) >= 11 is 0. The van der Waals surface area contributed by atoms with Crippen molar-refractivity contribution in [2.45, 2.75) is 13.0 Å². The lowest BCUT2D eigenvalue weighted by atomic mass is 10.1. The Hall–Kier alpha value is -3.80. The fourth-order valence-corrected chi connectivity index (χ4v) is 4.13. The summed E-state index contributed by atoms with van der Waals surface area (Å²) in [7, 11) is 0. The molecule has 2 amide bonds. The summed E-state index contributed by atoms with van der Waals surface area (Å²) in [6.45, 7) is 3.45. The second-order valence-electron chi connectivity index (χ2n) is 7.97. The molecule has 0 aromatic heterocycles. The molecule has 0 aliphatic carbocycles. The predicted octanol–water partition coefficient (Wildman–Crippen LogP) is 4.79. The number of urea groups is 1. The maximum Gasteiger partial charge on any atom is 0.317 e. The minimum Gasteiger partial charge on any atom is -0.454 e. The Balaban J connectivity index is 1.32. The molecule has 3 aromatic rings. The van der Waals surface area contributed by atoms with E-state index in [0.717, 1.165) is 53.7 Å². The van der Waals surface area contributed by atoms with Crippen LogP contribution in [-0.2, 0) is 6.54 Å². The van der Waals surface area contributed by atoms with Gasteiger partial charge in [0.1, 0.15) is 17.3 Å². The standard InChI is InChI=1S/C26H26N4O2/c31-26(27-19-20-9-2-1-3-10-20)30-16-8-15-29(17-18-30)25-21-11-4-6-13-23(21)32-24-14-7-5-12-22(24)28-25/h1-7,9-14H,8,15-19H2,(H,27,31). The van der Waals surface area contributed by atoms with E-state index in [0.29, 0.717) is 19.6 Å². The number of para-hydroxylation sites is 3. The van der Waals surface area contributed by atoms with Crippen LogP contribution in [0.4, 0.5) is 10.5 Å². The molecule has 1 saturated heterocycles. The highest BCUT2D eigenvalue weighted by Crippen LogP contribution is 2.37. The zero-order chi connectivity index (χ0) is 21.8. The van der Waals surface area contributed by atoms with Crippen LogP contribution in [-0.4, -0.2) is 47.8 Å². The van der Waals surface area contributed by atoms with Gasteiger partial charge in [-0.3, -0.25) is 0 Å². The van der Waals surface area contributed by atoms with Crippen molar-refractivity contribution in [1.29, 1.82) is 0 Å². The Bertz CT molecular complexity index is 1130. The number of hydrogen-bond acceptors (Lipinski definition) is 4. The maximum absolute atomic E-state index is 12.8. The number of rotatable bonds is 2. The molecule has 2 aliphatic heterocycles. The molecule has 0 saturated carbocycles. The van der Waals surface area contributed by atoms with E-state index in [9.17, 15) is 4.79 Å². The number of amides is 2. The van der Waals surface area contributed by atoms with Gasteiger partial charge in [-0.05, 0) is 36.2 Å². The molecule has 2 aliphatic rings. The molecule has 5 rings (SSSR count). The van der Waals surface area contributed by atoms with Gasteiger partial charge in [0.25, 0.3) is 0 Å². The van der Waals surface area contributed by atoms with Crippen LogP contribution in [0.25, 0.3) is 0 Å². The fourth-order valence-electron chi connectivity index (χ4n) is 4.13. The van der Waals surface area contributed by atoms with Gasteiger partial charge in [0.05, 0.1) is 5.56 Å². The largest absolute Gasteiger partial charge is 0.454 e. The van der Waals surface area contributed by atoms with Gasteiger partial charge in [0.2, 0.25) is 0 Å². The van der Waals surface area contributed by atoms with Crippen molar-refractivity contribution in [3.63, 3.8) is 0 Å². The summed E-state index contributed by atoms with van der Waals surface area (Å²) in [5.41, 5.74) is 2.89. The number of amidine groups is 1. The van der Waals surface area contributed by atoms with Crippen LogP contribution in [0.3, 0.4) is 0 Å². The molecule has 32 heavy (non-hydrogen) atoms. The Morgan fingerprint density at radius 3 is 2.47 bits per heavy atom. The van der Waals surface area contributed by atoms with Crippen LogP contribution < -0.4 is 10.1 Å². The lowest BCUT2D eigenvalue weighted by molar-refractivity contribution is 0.200. The lowest BCUT2D eigenvalue weighted by Gasteiger charge is -2.25. The first kappa shape index (κ1) is 20.1. The average molecular weight is 427 g/mol. The predicted molar refractivity (Wildman–Crippen MR) is 126 cm³/mol. The molecule has 0 spiro atoms. The number of nitrogens with one attached hydrogen (secondary N) is 1. The van der Waals surface area contributed by atoms with Crippen molar-refractivity contribution >= 4 is 17.6 Å². The van der Waals surface area contributed by atoms with Gasteiger partial charge >= 0.3 is 6.03 Å². The lowest BCUT2D eigenvalue weighted by Crippen LogP contribution is -2.42. The molecule has 0 radical (unpaired) electrons. The highest BCUT2D eigenvalue weighted by atomic mass is 16.5. The number of nitrogens with zero attached hydrogens (tertiary/aromatic N) is 3. The molecule has 0 bridgehead atoms. The topological polar surface area (TPSA) is 57.2 Å². The van der Waals surface area contributed by atoms with E-state index in [-0.39, 0.29) is 6.03 Å². The summed E-state index contributed by atoms with van der Waals surface area (Å²) in [5, 5.41) is 3.05. The molecule has 2 heterocycles. The van der Waals surface area contributed by atoms with E-state index in [2.05, 4.69) is 16.3 Å². The number of carbonyl (C=O) groups is 1. The first-order valence-electron chi connectivity index (χ1n) is 11.0. The van der Waals surface area contributed by atoms with Crippen molar-refractivity contribution in [2.75, 3.05) is 26.2 Å². The summed E-state index contributed by atoms with van der Waals surface area (Å²) in [4.78, 5) is 21.9. The first-order valence-corrected chi connectivity index (χ1v) is 11.0. The van der Waals surface area contributed by atoms with Crippen molar-refractivity contribution in [1.82, 2.24) is 15.1 Å². The fraction of sp³-hybridized carbons (Fsp3) is 0.231. The summed E-state index contributed by atoms with van der Waals surface area (Å²) < 4.78 is 6.17. The third-order valence-electron chi connectivity index (χ3n) is 5.81. The van der Waals surface area contributed by atoms with Gasteiger partial charge in [-0.15, -0.1) is 0 Å². The van der Waals surface area contributed by atoms with Gasteiger partial charge in [0, 0.05) is 32.7 Å². The second-order valence-corrected chi connectivity index (χ2v) is 7.97. The third-order valence-corrected chi connectivity index (χ3v) is 5.81. The number of hydrogen-bond donors (Lipinski definition) is 1. The van der Waals surface area contributed by atoms with Crippen molar-refractivity contribution in [3.05, 3.63) is 90.0 Å². The maximum atomic E-state index is 12.8. The summed E-state index contributed by atoms with van der Waals surface area (Å²) in [6.07, 6.45) is 0.877. The highest BCUT2D eigenvalue weighted by Gasteiger charge is 2.25. The Morgan fingerprint density at radius 1 is 0.844 bits per heavy atom. The molecule has 6 nitrogen and oxygen atoms in total. The Kier molecular flexibility index (Phi) is 5.75. The Morgan fingerprint density at radius 2 is 1.59 bits per heavy atom. The van der Waals surface area contributed by atoms with Crippen molar-refractivity contribution < 1.29 is 9.53 Å². The van der Waals surface area contributed by atoms with Crippen LogP contribution in [0, 0.1) is 0 Å². The smallest absolute Gasteiger partial charge is 0.317 e. The van der Waals surface area contributed by atoms with E-state index in [4.69, 9.17) is 9.73 Å². The van der Waals surface area contributed by atoms with Crippen LogP contribution in [0.1, 0.15) is 17.5 Å². The molecule has 3 aromatic carbocycles. The summed E-state index contributed by atoms with van der Waals surface area (Å²) in [6, 6.07) is 25.8. The highest BCUT2D eigenvalue weighted by molar-refractivity contribution is 6.03. The van der Waals surface area contributed by atoms with Crippen LogP contribution in [0.2, 0.25) is 0 Å².